The first kappa shape index (κ1) is 25.2. The minimum atomic E-state index is 0. The predicted molar refractivity (Wildman–Crippen MR) is 120 cm³/mol. The Hall–Kier alpha value is -0.850. The Labute approximate surface area is 181 Å². The van der Waals surface area contributed by atoms with Crippen LogP contribution < -0.4 is 4.90 Å². The summed E-state index contributed by atoms with van der Waals surface area (Å²) in [5.74, 6) is 1.10. The molecule has 1 aromatic rings. The normalized spacial score (nSPS) is 19.0. The van der Waals surface area contributed by atoms with Crippen molar-refractivity contribution in [1.82, 2.24) is 9.80 Å². The van der Waals surface area contributed by atoms with Crippen molar-refractivity contribution in [3.63, 3.8) is 0 Å². The van der Waals surface area contributed by atoms with Gasteiger partial charge in [0.15, 0.2) is 0 Å². The van der Waals surface area contributed by atoms with E-state index < -0.39 is 0 Å². The van der Waals surface area contributed by atoms with Gasteiger partial charge in [0.2, 0.25) is 0 Å². The molecule has 1 N–H and O–H groups in total. The van der Waals surface area contributed by atoms with Crippen molar-refractivity contribution in [3.05, 3.63) is 29.8 Å². The highest BCUT2D eigenvalue weighted by molar-refractivity contribution is 5.85. The standard InChI is InChI=1S/C21H33N3O2.2ClH/c1-18(26)16-23-9-6-19(7-10-23)5-8-22-11-13-24(14-12-22)21-4-2-3-20(15-21)17-25;;/h2-4,15,19,25H,5-14,16-17H2,1H3;2*1H. The first-order valence-corrected chi connectivity index (χ1v) is 10.0. The van der Waals surface area contributed by atoms with Crippen molar-refractivity contribution >= 4 is 36.3 Å². The third-order valence-corrected chi connectivity index (χ3v) is 5.84. The van der Waals surface area contributed by atoms with Crippen LogP contribution in [-0.2, 0) is 11.4 Å². The molecule has 28 heavy (non-hydrogen) atoms. The van der Waals surface area contributed by atoms with Gasteiger partial charge in [0.25, 0.3) is 0 Å². The summed E-state index contributed by atoms with van der Waals surface area (Å²) in [7, 11) is 0. The van der Waals surface area contributed by atoms with Gasteiger partial charge in [0.1, 0.15) is 5.78 Å². The predicted octanol–water partition coefficient (Wildman–Crippen LogP) is 2.84. The van der Waals surface area contributed by atoms with E-state index in [4.69, 9.17) is 0 Å². The smallest absolute Gasteiger partial charge is 0.143 e. The number of nitrogens with zero attached hydrogens (tertiary/aromatic N) is 3. The van der Waals surface area contributed by atoms with Crippen molar-refractivity contribution in [2.24, 2.45) is 5.92 Å². The van der Waals surface area contributed by atoms with E-state index in [1.807, 2.05) is 12.1 Å². The summed E-state index contributed by atoms with van der Waals surface area (Å²) in [5.41, 5.74) is 2.22. The molecule has 2 saturated heterocycles. The molecule has 0 saturated carbocycles. The second-order valence-electron chi connectivity index (χ2n) is 7.87. The Morgan fingerprint density at radius 1 is 1.04 bits per heavy atom. The van der Waals surface area contributed by atoms with Crippen molar-refractivity contribution in [2.75, 3.05) is 57.3 Å². The zero-order chi connectivity index (χ0) is 18.4. The van der Waals surface area contributed by atoms with Crippen LogP contribution in [0, 0.1) is 5.92 Å². The van der Waals surface area contributed by atoms with E-state index in [2.05, 4.69) is 26.8 Å². The fourth-order valence-electron chi connectivity index (χ4n) is 4.19. The Balaban J connectivity index is 0.00000196. The molecule has 160 valence electrons. The van der Waals surface area contributed by atoms with Gasteiger partial charge in [-0.15, -0.1) is 24.8 Å². The van der Waals surface area contributed by atoms with Crippen LogP contribution in [0.25, 0.3) is 0 Å². The second-order valence-corrected chi connectivity index (χ2v) is 7.87. The third kappa shape index (κ3) is 7.53. The summed E-state index contributed by atoms with van der Waals surface area (Å²) >= 11 is 0. The lowest BCUT2D eigenvalue weighted by Crippen LogP contribution is -2.47. The molecule has 0 spiro atoms. The summed E-state index contributed by atoms with van der Waals surface area (Å²) in [6.07, 6.45) is 3.76. The van der Waals surface area contributed by atoms with Gasteiger partial charge in [0.05, 0.1) is 13.2 Å². The van der Waals surface area contributed by atoms with Crippen LogP contribution in [0.2, 0.25) is 0 Å². The number of hydrogen-bond donors (Lipinski definition) is 1. The average Bonchev–Trinajstić information content (AvgIpc) is 2.67. The SMILES string of the molecule is CC(=O)CN1CCC(CCN2CCN(c3cccc(CO)c3)CC2)CC1.Cl.Cl. The first-order chi connectivity index (χ1) is 12.6. The number of Topliss-reactive ketones (excluding diaryl/α,β-unsaturated/α-hetero) is 1. The molecule has 1 aromatic carbocycles. The molecule has 0 aliphatic carbocycles. The van der Waals surface area contributed by atoms with E-state index >= 15 is 0 Å². The van der Waals surface area contributed by atoms with Gasteiger partial charge in [-0.2, -0.15) is 0 Å². The zero-order valence-corrected chi connectivity index (χ0v) is 18.5. The first-order valence-electron chi connectivity index (χ1n) is 10.0. The molecule has 2 fully saturated rings. The van der Waals surface area contributed by atoms with Gasteiger partial charge in [-0.25, -0.2) is 0 Å². The molecule has 5 nitrogen and oxygen atoms in total. The average molecular weight is 432 g/mol. The largest absolute Gasteiger partial charge is 0.392 e. The van der Waals surface area contributed by atoms with Crippen LogP contribution in [0.3, 0.4) is 0 Å². The molecule has 0 bridgehead atoms. The van der Waals surface area contributed by atoms with E-state index in [9.17, 15) is 9.90 Å². The monoisotopic (exact) mass is 431 g/mol. The summed E-state index contributed by atoms with van der Waals surface area (Å²) in [4.78, 5) is 18.5. The van der Waals surface area contributed by atoms with Crippen LogP contribution in [0.5, 0.6) is 0 Å². The number of piperazine rings is 1. The lowest BCUT2D eigenvalue weighted by atomic mass is 9.93. The quantitative estimate of drug-likeness (QED) is 0.718. The van der Waals surface area contributed by atoms with Crippen molar-refractivity contribution in [3.8, 4) is 0 Å². The summed E-state index contributed by atoms with van der Waals surface area (Å²) < 4.78 is 0. The van der Waals surface area contributed by atoms with E-state index in [0.717, 1.165) is 50.7 Å². The number of carbonyl (C=O) groups is 1. The van der Waals surface area contributed by atoms with Gasteiger partial charge in [-0.1, -0.05) is 12.1 Å². The molecule has 0 aromatic heterocycles. The highest BCUT2D eigenvalue weighted by Gasteiger charge is 2.22. The molecule has 0 atom stereocenters. The maximum absolute atomic E-state index is 11.2. The fourth-order valence-corrected chi connectivity index (χ4v) is 4.19. The second kappa shape index (κ2) is 12.7. The number of hydrogen-bond acceptors (Lipinski definition) is 5. The highest BCUT2D eigenvalue weighted by atomic mass is 35.5. The maximum Gasteiger partial charge on any atom is 0.143 e. The van der Waals surface area contributed by atoms with Crippen LogP contribution in [-0.4, -0.2) is 73.0 Å². The number of ketones is 1. The molecule has 0 unspecified atom stereocenters. The Morgan fingerprint density at radius 2 is 1.71 bits per heavy atom. The maximum atomic E-state index is 11.2. The zero-order valence-electron chi connectivity index (χ0n) is 16.9. The van der Waals surface area contributed by atoms with Crippen LogP contribution in [0.15, 0.2) is 24.3 Å². The van der Waals surface area contributed by atoms with E-state index in [-0.39, 0.29) is 37.2 Å². The fraction of sp³-hybridized carbons (Fsp3) is 0.667. The molecule has 0 amide bonds. The van der Waals surface area contributed by atoms with Crippen molar-refractivity contribution < 1.29 is 9.90 Å². The number of halogens is 2. The Morgan fingerprint density at radius 3 is 2.32 bits per heavy atom. The lowest BCUT2D eigenvalue weighted by molar-refractivity contribution is -0.118. The van der Waals surface area contributed by atoms with E-state index in [1.54, 1.807) is 6.92 Å². The minimum Gasteiger partial charge on any atom is -0.392 e. The van der Waals surface area contributed by atoms with Crippen LogP contribution in [0.4, 0.5) is 5.69 Å². The van der Waals surface area contributed by atoms with Gasteiger partial charge in [-0.3, -0.25) is 14.6 Å². The summed E-state index contributed by atoms with van der Waals surface area (Å²) in [5, 5.41) is 9.31. The van der Waals surface area contributed by atoms with Crippen molar-refractivity contribution in [2.45, 2.75) is 32.8 Å². The third-order valence-electron chi connectivity index (χ3n) is 5.84. The molecule has 7 heteroatoms. The number of piperidine rings is 1. The Bertz CT molecular complexity index is 587. The summed E-state index contributed by atoms with van der Waals surface area (Å²) in [6.45, 7) is 10.1. The lowest BCUT2D eigenvalue weighted by Gasteiger charge is -2.37. The van der Waals surface area contributed by atoms with Gasteiger partial charge in [-0.05, 0) is 69.4 Å². The van der Waals surface area contributed by atoms with Crippen LogP contribution in [0.1, 0.15) is 31.7 Å². The number of carbonyl (C=O) groups excluding carboxylic acids is 1. The van der Waals surface area contributed by atoms with E-state index in [0.29, 0.717) is 6.54 Å². The number of rotatable bonds is 7. The van der Waals surface area contributed by atoms with Gasteiger partial charge in [0, 0.05) is 31.9 Å². The van der Waals surface area contributed by atoms with Gasteiger partial charge < -0.3 is 10.0 Å². The molecule has 2 aliphatic rings. The minimum absolute atomic E-state index is 0. The molecule has 0 radical (unpaired) electrons. The molecule has 2 aliphatic heterocycles. The Kier molecular flexibility index (Phi) is 11.4. The topological polar surface area (TPSA) is 47.0 Å². The van der Waals surface area contributed by atoms with Crippen LogP contribution >= 0.6 is 24.8 Å². The number of aliphatic hydroxyl groups is 1. The number of likely N-dealkylation sites (tertiary alicyclic amines) is 1. The molecular weight excluding hydrogens is 397 g/mol. The number of aliphatic hydroxyl groups excluding tert-OH is 1. The highest BCUT2D eigenvalue weighted by Crippen LogP contribution is 2.22. The summed E-state index contributed by atoms with van der Waals surface area (Å²) in [6, 6.07) is 8.25. The number of anilines is 1. The number of benzene rings is 1. The van der Waals surface area contributed by atoms with E-state index in [1.165, 1.54) is 31.5 Å². The molecule has 2 heterocycles. The molecular formula is C21H35Cl2N3O2. The molecule has 3 rings (SSSR count). The van der Waals surface area contributed by atoms with Gasteiger partial charge >= 0.3 is 0 Å². The van der Waals surface area contributed by atoms with Crippen molar-refractivity contribution in [1.29, 1.82) is 0 Å².